The molecular formula is C28H40ClN5O5. The van der Waals surface area contributed by atoms with Gasteiger partial charge in [-0.05, 0) is 51.2 Å². The number of fused-ring (bicyclic) bond motifs is 1. The molecule has 0 bridgehead atoms. The SMILES string of the molecule is CCOc1nn2c(=NC3CC3)n(CC(=O)c3cc(OCCCO)c(OC)c(C(C)(C)C)c3)nc2c(C)c1C.Cl. The molecule has 4 rings (SSSR count). The fraction of sp³-hybridized carbons (Fsp3) is 0.571. The van der Waals surface area contributed by atoms with Crippen molar-refractivity contribution in [2.45, 2.75) is 78.8 Å². The van der Waals surface area contributed by atoms with Crippen LogP contribution in [-0.2, 0) is 12.0 Å². The first-order valence-corrected chi connectivity index (χ1v) is 13.2. The zero-order valence-electron chi connectivity index (χ0n) is 23.9. The predicted molar refractivity (Wildman–Crippen MR) is 151 cm³/mol. The maximum absolute atomic E-state index is 13.7. The first-order chi connectivity index (χ1) is 18.1. The van der Waals surface area contributed by atoms with Crippen molar-refractivity contribution in [3.63, 3.8) is 0 Å². The molecule has 214 valence electrons. The van der Waals surface area contributed by atoms with E-state index in [4.69, 9.17) is 24.3 Å². The Morgan fingerprint density at radius 1 is 1.15 bits per heavy atom. The van der Waals surface area contributed by atoms with Crippen molar-refractivity contribution in [1.82, 2.24) is 19.4 Å². The highest BCUT2D eigenvalue weighted by Gasteiger charge is 2.27. The molecule has 2 aromatic heterocycles. The standard InChI is InChI=1S/C28H39N5O5.ClH/c1-8-37-26-18(3)17(2)25-30-32(27(33(25)31-26)29-20-10-11-20)16-22(35)19-14-21(28(4,5)6)24(36-7)23(15-19)38-13-9-12-34;/h14-15,20,34H,8-13,16H2,1-7H3;1H. The Kier molecular flexibility index (Phi) is 9.66. The third-order valence-electron chi connectivity index (χ3n) is 6.61. The van der Waals surface area contributed by atoms with E-state index in [1.54, 1.807) is 22.4 Å². The van der Waals surface area contributed by atoms with Crippen LogP contribution in [0.15, 0.2) is 17.1 Å². The van der Waals surface area contributed by atoms with E-state index in [2.05, 4.69) is 25.9 Å². The summed E-state index contributed by atoms with van der Waals surface area (Å²) in [5.41, 5.74) is 4.08. The maximum Gasteiger partial charge on any atom is 0.245 e. The summed E-state index contributed by atoms with van der Waals surface area (Å²) in [4.78, 5) is 18.6. The van der Waals surface area contributed by atoms with Crippen LogP contribution in [0.1, 0.15) is 74.0 Å². The third kappa shape index (κ3) is 6.55. The van der Waals surface area contributed by atoms with Crippen LogP contribution < -0.4 is 19.8 Å². The zero-order valence-corrected chi connectivity index (χ0v) is 24.7. The number of ether oxygens (including phenoxy) is 3. The van der Waals surface area contributed by atoms with E-state index in [9.17, 15) is 9.90 Å². The summed E-state index contributed by atoms with van der Waals surface area (Å²) < 4.78 is 20.7. The van der Waals surface area contributed by atoms with Crippen molar-refractivity contribution in [3.05, 3.63) is 40.0 Å². The fourth-order valence-electron chi connectivity index (χ4n) is 4.21. The summed E-state index contributed by atoms with van der Waals surface area (Å²) >= 11 is 0. The van der Waals surface area contributed by atoms with E-state index in [1.807, 2.05) is 26.8 Å². The van der Waals surface area contributed by atoms with Crippen molar-refractivity contribution in [1.29, 1.82) is 0 Å². The van der Waals surface area contributed by atoms with E-state index in [1.165, 1.54) is 0 Å². The lowest BCUT2D eigenvalue weighted by molar-refractivity contribution is 0.0965. The number of nitrogens with zero attached hydrogens (tertiary/aromatic N) is 5. The minimum Gasteiger partial charge on any atom is -0.493 e. The summed E-state index contributed by atoms with van der Waals surface area (Å²) in [7, 11) is 1.59. The molecule has 1 fully saturated rings. The number of Topliss-reactive ketones (excluding diaryl/α,β-unsaturated/α-hetero) is 1. The van der Waals surface area contributed by atoms with Crippen LogP contribution in [0, 0.1) is 13.8 Å². The molecule has 10 nitrogen and oxygen atoms in total. The van der Waals surface area contributed by atoms with Crippen molar-refractivity contribution in [2.24, 2.45) is 4.99 Å². The van der Waals surface area contributed by atoms with Gasteiger partial charge in [-0.2, -0.15) is 4.52 Å². The maximum atomic E-state index is 13.7. The van der Waals surface area contributed by atoms with E-state index in [-0.39, 0.29) is 42.8 Å². The number of hydrogen-bond acceptors (Lipinski definition) is 8. The molecule has 39 heavy (non-hydrogen) atoms. The van der Waals surface area contributed by atoms with Crippen LogP contribution in [0.3, 0.4) is 0 Å². The summed E-state index contributed by atoms with van der Waals surface area (Å²) in [6.07, 6.45) is 2.49. The quantitative estimate of drug-likeness (QED) is 0.278. The predicted octanol–water partition coefficient (Wildman–Crippen LogP) is 3.98. The number of rotatable bonds is 11. The normalized spacial score (nSPS) is 13.9. The average Bonchev–Trinajstić information content (AvgIpc) is 3.63. The average molecular weight is 562 g/mol. The van der Waals surface area contributed by atoms with Crippen molar-refractivity contribution >= 4 is 23.8 Å². The molecule has 1 aromatic carbocycles. The van der Waals surface area contributed by atoms with Crippen molar-refractivity contribution in [3.8, 4) is 17.4 Å². The number of hydrogen-bond donors (Lipinski definition) is 1. The number of methoxy groups -OCH3 is 1. The Morgan fingerprint density at radius 2 is 1.87 bits per heavy atom. The molecular weight excluding hydrogens is 522 g/mol. The molecule has 0 atom stereocenters. The smallest absolute Gasteiger partial charge is 0.245 e. The lowest BCUT2D eigenvalue weighted by Gasteiger charge is -2.25. The van der Waals surface area contributed by atoms with Crippen LogP contribution >= 0.6 is 12.4 Å². The molecule has 1 N–H and O–H groups in total. The van der Waals surface area contributed by atoms with E-state index in [0.717, 1.165) is 29.5 Å². The molecule has 0 saturated heterocycles. The van der Waals surface area contributed by atoms with Gasteiger partial charge in [-0.3, -0.25) is 4.79 Å². The molecule has 0 aliphatic heterocycles. The number of aliphatic hydroxyl groups is 1. The van der Waals surface area contributed by atoms with Gasteiger partial charge in [-0.15, -0.1) is 22.6 Å². The van der Waals surface area contributed by atoms with Crippen molar-refractivity contribution in [2.75, 3.05) is 26.9 Å². The van der Waals surface area contributed by atoms with Crippen LogP contribution in [-0.4, -0.2) is 63.3 Å². The number of ketones is 1. The second-order valence-corrected chi connectivity index (χ2v) is 10.7. The molecule has 1 saturated carbocycles. The molecule has 0 spiro atoms. The Hall–Kier alpha value is -3.11. The minimum absolute atomic E-state index is 0. The van der Waals surface area contributed by atoms with Gasteiger partial charge in [-0.25, -0.2) is 9.67 Å². The number of benzene rings is 1. The monoisotopic (exact) mass is 561 g/mol. The molecule has 0 unspecified atom stereocenters. The van der Waals surface area contributed by atoms with Gasteiger partial charge in [0.15, 0.2) is 22.9 Å². The second kappa shape index (κ2) is 12.4. The molecule has 3 aromatic rings. The molecule has 0 radical (unpaired) electrons. The van der Waals surface area contributed by atoms with Crippen molar-refractivity contribution < 1.29 is 24.1 Å². The van der Waals surface area contributed by atoms with Gasteiger partial charge >= 0.3 is 0 Å². The van der Waals surface area contributed by atoms with Gasteiger partial charge in [0, 0.05) is 35.3 Å². The topological polar surface area (TPSA) is 112 Å². The molecule has 1 aliphatic carbocycles. The Morgan fingerprint density at radius 3 is 2.46 bits per heavy atom. The fourth-order valence-corrected chi connectivity index (χ4v) is 4.21. The number of aromatic nitrogens is 4. The van der Waals surface area contributed by atoms with Gasteiger partial charge in [0.05, 0.1) is 26.4 Å². The number of halogens is 1. The summed E-state index contributed by atoms with van der Waals surface area (Å²) in [5, 5.41) is 18.7. The third-order valence-corrected chi connectivity index (χ3v) is 6.61. The highest BCUT2D eigenvalue weighted by molar-refractivity contribution is 5.97. The first-order valence-electron chi connectivity index (χ1n) is 13.2. The molecule has 2 heterocycles. The van der Waals surface area contributed by atoms with Crippen LogP contribution in [0.5, 0.6) is 17.4 Å². The van der Waals surface area contributed by atoms with E-state index in [0.29, 0.717) is 53.8 Å². The Labute approximate surface area is 235 Å². The number of aliphatic hydroxyl groups excluding tert-OH is 1. The Balaban J connectivity index is 0.00000420. The first kappa shape index (κ1) is 30.4. The van der Waals surface area contributed by atoms with Gasteiger partial charge in [0.25, 0.3) is 0 Å². The number of carbonyl (C=O) groups is 1. The Bertz CT molecular complexity index is 1400. The summed E-state index contributed by atoms with van der Waals surface area (Å²) in [5.74, 6) is 1.48. The largest absolute Gasteiger partial charge is 0.493 e. The molecule has 1 aliphatic rings. The molecule has 11 heteroatoms. The summed E-state index contributed by atoms with van der Waals surface area (Å²) in [6, 6.07) is 3.78. The number of aryl methyl sites for hydroxylation is 1. The van der Waals surface area contributed by atoms with E-state index >= 15 is 0 Å². The van der Waals surface area contributed by atoms with Gasteiger partial charge < -0.3 is 19.3 Å². The lowest BCUT2D eigenvalue weighted by Crippen LogP contribution is -2.28. The van der Waals surface area contributed by atoms with Gasteiger partial charge in [0.2, 0.25) is 11.5 Å². The van der Waals surface area contributed by atoms with E-state index < -0.39 is 0 Å². The van der Waals surface area contributed by atoms with Gasteiger partial charge in [-0.1, -0.05) is 20.8 Å². The summed E-state index contributed by atoms with van der Waals surface area (Å²) in [6.45, 7) is 12.9. The lowest BCUT2D eigenvalue weighted by atomic mass is 9.84. The zero-order chi connectivity index (χ0) is 27.6. The second-order valence-electron chi connectivity index (χ2n) is 10.7. The van der Waals surface area contributed by atoms with Crippen LogP contribution in [0.25, 0.3) is 5.65 Å². The highest BCUT2D eigenvalue weighted by Crippen LogP contribution is 2.40. The van der Waals surface area contributed by atoms with Crippen LogP contribution in [0.4, 0.5) is 0 Å². The minimum atomic E-state index is -0.298. The van der Waals surface area contributed by atoms with Gasteiger partial charge in [0.1, 0.15) is 6.54 Å². The van der Waals surface area contributed by atoms with Crippen LogP contribution in [0.2, 0.25) is 0 Å². The number of carbonyl (C=O) groups excluding carboxylic acids is 1. The molecule has 0 amide bonds. The highest BCUT2D eigenvalue weighted by atomic mass is 35.5.